The van der Waals surface area contributed by atoms with Gasteiger partial charge in [-0.2, -0.15) is 0 Å². The molecule has 0 aromatic heterocycles. The van der Waals surface area contributed by atoms with E-state index in [2.05, 4.69) is 15.9 Å². The molecule has 76 valence electrons. The van der Waals surface area contributed by atoms with Crippen LogP contribution in [0.3, 0.4) is 0 Å². The van der Waals surface area contributed by atoms with E-state index in [9.17, 15) is 4.39 Å². The summed E-state index contributed by atoms with van der Waals surface area (Å²) in [5.41, 5.74) is 6.65. The van der Waals surface area contributed by atoms with Gasteiger partial charge in [0.05, 0.1) is 4.47 Å². The van der Waals surface area contributed by atoms with Crippen molar-refractivity contribution in [2.24, 2.45) is 11.7 Å². The zero-order chi connectivity index (χ0) is 10.1. The van der Waals surface area contributed by atoms with Crippen LogP contribution in [0.5, 0.6) is 0 Å². The average molecular weight is 258 g/mol. The molecule has 1 aromatic rings. The molecule has 0 aliphatic heterocycles. The van der Waals surface area contributed by atoms with Gasteiger partial charge in [0.25, 0.3) is 0 Å². The van der Waals surface area contributed by atoms with Crippen molar-refractivity contribution in [3.05, 3.63) is 34.1 Å². The van der Waals surface area contributed by atoms with Crippen LogP contribution in [0, 0.1) is 11.7 Å². The van der Waals surface area contributed by atoms with E-state index in [0.717, 1.165) is 12.8 Å². The second-order valence-electron chi connectivity index (χ2n) is 3.86. The Labute approximate surface area is 91.6 Å². The summed E-state index contributed by atoms with van der Waals surface area (Å²) in [6.45, 7) is 0. The first-order valence-electron chi connectivity index (χ1n) is 4.89. The van der Waals surface area contributed by atoms with Crippen molar-refractivity contribution < 1.29 is 4.39 Å². The first-order valence-corrected chi connectivity index (χ1v) is 5.69. The van der Waals surface area contributed by atoms with Crippen LogP contribution in [0.15, 0.2) is 22.7 Å². The van der Waals surface area contributed by atoms with Crippen LogP contribution in [0.2, 0.25) is 0 Å². The topological polar surface area (TPSA) is 26.0 Å². The number of nitrogens with two attached hydrogens (primary N) is 1. The monoisotopic (exact) mass is 257 g/mol. The number of hydrogen-bond acceptors (Lipinski definition) is 1. The Morgan fingerprint density at radius 1 is 1.43 bits per heavy atom. The lowest BCUT2D eigenvalue weighted by molar-refractivity contribution is 0.260. The van der Waals surface area contributed by atoms with Crippen LogP contribution >= 0.6 is 15.9 Å². The highest BCUT2D eigenvalue weighted by Crippen LogP contribution is 2.37. The van der Waals surface area contributed by atoms with E-state index >= 15 is 0 Å². The summed E-state index contributed by atoms with van der Waals surface area (Å²) in [7, 11) is 0. The molecular weight excluding hydrogens is 245 g/mol. The van der Waals surface area contributed by atoms with E-state index in [4.69, 9.17) is 5.73 Å². The molecule has 0 saturated heterocycles. The van der Waals surface area contributed by atoms with Crippen LogP contribution < -0.4 is 5.73 Å². The minimum Gasteiger partial charge on any atom is -0.324 e. The second-order valence-corrected chi connectivity index (χ2v) is 4.71. The fourth-order valence-corrected chi connectivity index (χ4v) is 2.21. The molecule has 1 aliphatic rings. The van der Waals surface area contributed by atoms with E-state index < -0.39 is 0 Å². The Kier molecular flexibility index (Phi) is 2.88. The number of hydrogen-bond donors (Lipinski definition) is 1. The van der Waals surface area contributed by atoms with Crippen LogP contribution in [0.25, 0.3) is 0 Å². The Morgan fingerprint density at radius 2 is 2.14 bits per heavy atom. The molecule has 1 saturated carbocycles. The molecule has 1 aliphatic carbocycles. The third kappa shape index (κ3) is 1.71. The van der Waals surface area contributed by atoms with Gasteiger partial charge in [-0.05, 0) is 40.8 Å². The molecule has 1 fully saturated rings. The van der Waals surface area contributed by atoms with Crippen molar-refractivity contribution in [3.8, 4) is 0 Å². The van der Waals surface area contributed by atoms with Gasteiger partial charge in [-0.3, -0.25) is 0 Å². The SMILES string of the molecule is N[C@H](c1cccc(Br)c1F)C1CCC1. The van der Waals surface area contributed by atoms with E-state index in [1.807, 2.05) is 6.07 Å². The molecule has 0 radical (unpaired) electrons. The summed E-state index contributed by atoms with van der Waals surface area (Å²) < 4.78 is 14.2. The fraction of sp³-hybridized carbons (Fsp3) is 0.455. The van der Waals surface area contributed by atoms with E-state index in [1.54, 1.807) is 12.1 Å². The van der Waals surface area contributed by atoms with Gasteiger partial charge < -0.3 is 5.73 Å². The molecule has 3 heteroatoms. The molecule has 0 amide bonds. The summed E-state index contributed by atoms with van der Waals surface area (Å²) >= 11 is 3.17. The highest BCUT2D eigenvalue weighted by Gasteiger charge is 2.27. The molecule has 1 atom stereocenters. The van der Waals surface area contributed by atoms with E-state index in [1.165, 1.54) is 6.42 Å². The molecule has 1 nitrogen and oxygen atoms in total. The van der Waals surface area contributed by atoms with Gasteiger partial charge in [0.2, 0.25) is 0 Å². The first-order chi connectivity index (χ1) is 6.70. The standard InChI is InChI=1S/C11H13BrFN/c12-9-6-2-5-8(10(9)13)11(14)7-3-1-4-7/h2,5-7,11H,1,3-4,14H2/t11-/m0/s1. The van der Waals surface area contributed by atoms with Gasteiger partial charge in [-0.25, -0.2) is 4.39 Å². The summed E-state index contributed by atoms with van der Waals surface area (Å²) in [4.78, 5) is 0. The van der Waals surface area contributed by atoms with E-state index in [0.29, 0.717) is 16.0 Å². The summed E-state index contributed by atoms with van der Waals surface area (Å²) in [6.07, 6.45) is 3.49. The third-order valence-electron chi connectivity index (χ3n) is 3.00. The highest BCUT2D eigenvalue weighted by atomic mass is 79.9. The average Bonchev–Trinajstić information content (AvgIpc) is 2.06. The van der Waals surface area contributed by atoms with Crippen LogP contribution in [0.1, 0.15) is 30.9 Å². The van der Waals surface area contributed by atoms with Crippen LogP contribution in [-0.4, -0.2) is 0 Å². The van der Waals surface area contributed by atoms with Gasteiger partial charge in [-0.1, -0.05) is 18.6 Å². The second kappa shape index (κ2) is 3.99. The maximum Gasteiger partial charge on any atom is 0.142 e. The molecule has 0 heterocycles. The van der Waals surface area contributed by atoms with E-state index in [-0.39, 0.29) is 11.9 Å². The van der Waals surface area contributed by atoms with Crippen molar-refractivity contribution in [2.75, 3.05) is 0 Å². The minimum atomic E-state index is -0.202. The molecular formula is C11H13BrFN. The highest BCUT2D eigenvalue weighted by molar-refractivity contribution is 9.10. The first kappa shape index (κ1) is 10.1. The fourth-order valence-electron chi connectivity index (χ4n) is 1.83. The van der Waals surface area contributed by atoms with Crippen LogP contribution in [-0.2, 0) is 0 Å². The van der Waals surface area contributed by atoms with Gasteiger partial charge in [0.1, 0.15) is 5.82 Å². The molecule has 1 aromatic carbocycles. The smallest absolute Gasteiger partial charge is 0.142 e. The van der Waals surface area contributed by atoms with Crippen molar-refractivity contribution in [3.63, 3.8) is 0 Å². The predicted molar refractivity (Wildman–Crippen MR) is 58.4 cm³/mol. The lowest BCUT2D eigenvalue weighted by Crippen LogP contribution is -2.27. The van der Waals surface area contributed by atoms with Crippen molar-refractivity contribution in [1.29, 1.82) is 0 Å². The Morgan fingerprint density at radius 3 is 2.71 bits per heavy atom. The van der Waals surface area contributed by atoms with Gasteiger partial charge in [-0.15, -0.1) is 0 Å². The Bertz CT molecular complexity index is 336. The maximum atomic E-state index is 13.6. The third-order valence-corrected chi connectivity index (χ3v) is 3.61. The summed E-state index contributed by atoms with van der Waals surface area (Å²) in [5.74, 6) is 0.269. The Hall–Kier alpha value is -0.410. The van der Waals surface area contributed by atoms with Gasteiger partial charge in [0, 0.05) is 11.6 Å². The molecule has 0 spiro atoms. The van der Waals surface area contributed by atoms with Crippen molar-refractivity contribution in [2.45, 2.75) is 25.3 Å². The maximum absolute atomic E-state index is 13.6. The lowest BCUT2D eigenvalue weighted by atomic mass is 9.77. The molecule has 14 heavy (non-hydrogen) atoms. The van der Waals surface area contributed by atoms with Gasteiger partial charge >= 0.3 is 0 Å². The molecule has 0 bridgehead atoms. The predicted octanol–water partition coefficient (Wildman–Crippen LogP) is 3.39. The normalized spacial score (nSPS) is 19.1. The molecule has 0 unspecified atom stereocenters. The quantitative estimate of drug-likeness (QED) is 0.864. The van der Waals surface area contributed by atoms with Crippen molar-refractivity contribution >= 4 is 15.9 Å². The van der Waals surface area contributed by atoms with Gasteiger partial charge in [0.15, 0.2) is 0 Å². The number of benzene rings is 1. The summed E-state index contributed by atoms with van der Waals surface area (Å²) in [6, 6.07) is 5.18. The number of rotatable bonds is 2. The Balaban J connectivity index is 2.26. The number of halogens is 2. The zero-order valence-corrected chi connectivity index (χ0v) is 9.43. The van der Waals surface area contributed by atoms with Crippen LogP contribution in [0.4, 0.5) is 4.39 Å². The summed E-state index contributed by atoms with van der Waals surface area (Å²) in [5, 5.41) is 0. The largest absolute Gasteiger partial charge is 0.324 e. The molecule has 2 N–H and O–H groups in total. The zero-order valence-electron chi connectivity index (χ0n) is 7.84. The molecule has 2 rings (SSSR count). The lowest BCUT2D eigenvalue weighted by Gasteiger charge is -2.31. The minimum absolute atomic E-state index is 0.138. The van der Waals surface area contributed by atoms with Crippen molar-refractivity contribution in [1.82, 2.24) is 0 Å².